The van der Waals surface area contributed by atoms with Gasteiger partial charge < -0.3 is 37.8 Å². The molecule has 13 nitrogen and oxygen atoms in total. The lowest BCUT2D eigenvalue weighted by Crippen LogP contribution is -2.45. The molecule has 1 spiro atoms. The summed E-state index contributed by atoms with van der Waals surface area (Å²) in [7, 11) is -0.342. The van der Waals surface area contributed by atoms with Crippen molar-refractivity contribution in [1.29, 1.82) is 5.26 Å². The number of sulfonamides is 1. The van der Waals surface area contributed by atoms with Gasteiger partial charge in [-0.1, -0.05) is 94.4 Å². The van der Waals surface area contributed by atoms with Crippen molar-refractivity contribution in [3.05, 3.63) is 171 Å². The monoisotopic (exact) mass is 1090 g/mol. The topological polar surface area (TPSA) is 126 Å². The molecule has 0 saturated carbocycles. The van der Waals surface area contributed by atoms with E-state index in [9.17, 15) is 5.26 Å². The third-order valence-electron chi connectivity index (χ3n) is 17.6. The Bertz CT molecular complexity index is 3430. The van der Waals surface area contributed by atoms with Crippen LogP contribution in [0.3, 0.4) is 0 Å². The first-order valence-corrected chi connectivity index (χ1v) is 29.8. The second kappa shape index (κ2) is 20.0. The molecule has 0 radical (unpaired) electrons. The van der Waals surface area contributed by atoms with Crippen molar-refractivity contribution < 1.29 is 36.4 Å². The molecule has 78 heavy (non-hydrogen) atoms. The molecule has 5 heterocycles. The molecule has 11 rings (SSSR count). The van der Waals surface area contributed by atoms with E-state index in [2.05, 4.69) is 156 Å². The third-order valence-corrected chi connectivity index (χ3v) is 21.6. The van der Waals surface area contributed by atoms with Crippen LogP contribution in [-0.2, 0) is 45.8 Å². The number of hydrogen-bond donors (Lipinski definition) is 0. The van der Waals surface area contributed by atoms with Crippen LogP contribution >= 0.6 is 8.53 Å². The first-order valence-electron chi connectivity index (χ1n) is 27.2. The summed E-state index contributed by atoms with van der Waals surface area (Å²) in [6, 6.07) is 43.6. The SMILES string of the molecule is COc1ccc(C2(c3ccccc3)OCCN3c4cc5c(cc4C(C)(C)C3c3cc(OC)ccc32)C2(c3cc4c(cc3O5)N(CCOP(OCCC#N)N(C(C)C)C(C)C)C(C)C4(C)C)c3ccccc3S(=O)(=O)N2C)cc1. The molecule has 0 amide bonds. The van der Waals surface area contributed by atoms with Crippen LogP contribution in [0.25, 0.3) is 0 Å². The van der Waals surface area contributed by atoms with E-state index in [0.717, 1.165) is 67.4 Å². The van der Waals surface area contributed by atoms with Gasteiger partial charge in [0.15, 0.2) is 0 Å². The van der Waals surface area contributed by atoms with Crippen molar-refractivity contribution in [2.24, 2.45) is 0 Å². The zero-order valence-electron chi connectivity index (χ0n) is 47.0. The van der Waals surface area contributed by atoms with Crippen LogP contribution < -0.4 is 24.0 Å². The highest BCUT2D eigenvalue weighted by Crippen LogP contribution is 2.65. The van der Waals surface area contributed by atoms with Gasteiger partial charge in [-0.25, -0.2) is 13.1 Å². The largest absolute Gasteiger partial charge is 0.497 e. The lowest BCUT2D eigenvalue weighted by molar-refractivity contribution is 0.0118. The second-order valence-corrected chi connectivity index (χ2v) is 26.3. The predicted octanol–water partition coefficient (Wildman–Crippen LogP) is 12.7. The summed E-state index contributed by atoms with van der Waals surface area (Å²) in [5.74, 6) is 2.67. The van der Waals surface area contributed by atoms with E-state index < -0.39 is 35.1 Å². The molecule has 0 fully saturated rings. The Kier molecular flexibility index (Phi) is 13.8. The summed E-state index contributed by atoms with van der Waals surface area (Å²) in [6.45, 7) is 22.1. The number of hydrogen-bond acceptors (Lipinski definition) is 12. The number of benzene rings is 6. The Labute approximate surface area is 462 Å². The van der Waals surface area contributed by atoms with Crippen LogP contribution in [0.1, 0.15) is 125 Å². The molecule has 408 valence electrons. The van der Waals surface area contributed by atoms with Crippen molar-refractivity contribution in [1.82, 2.24) is 8.98 Å². The summed E-state index contributed by atoms with van der Waals surface area (Å²) in [5, 5.41) is 9.35. The van der Waals surface area contributed by atoms with Gasteiger partial charge in [-0.15, -0.1) is 0 Å². The molecule has 0 aromatic heterocycles. The van der Waals surface area contributed by atoms with E-state index in [1.165, 1.54) is 0 Å². The highest BCUT2D eigenvalue weighted by molar-refractivity contribution is 7.89. The van der Waals surface area contributed by atoms with Gasteiger partial charge in [-0.05, 0) is 110 Å². The van der Waals surface area contributed by atoms with Crippen LogP contribution in [-0.4, -0.2) is 89.7 Å². The van der Waals surface area contributed by atoms with Gasteiger partial charge in [0.2, 0.25) is 10.0 Å². The van der Waals surface area contributed by atoms with Gasteiger partial charge in [-0.2, -0.15) is 9.57 Å². The number of anilines is 2. The van der Waals surface area contributed by atoms with Crippen LogP contribution in [0.15, 0.2) is 126 Å². The van der Waals surface area contributed by atoms with Gasteiger partial charge in [0.05, 0.1) is 57.5 Å². The van der Waals surface area contributed by atoms with Crippen LogP contribution in [0.2, 0.25) is 0 Å². The first kappa shape index (κ1) is 54.0. The van der Waals surface area contributed by atoms with Crippen molar-refractivity contribution in [2.45, 2.75) is 120 Å². The van der Waals surface area contributed by atoms with Gasteiger partial charge >= 0.3 is 0 Å². The molecule has 0 saturated heterocycles. The Hall–Kier alpha value is -6.01. The van der Waals surface area contributed by atoms with Crippen molar-refractivity contribution in [3.8, 4) is 29.1 Å². The standard InChI is InChI=1S/C63H72N5O8PS/c1-40(2)68(41(3)4)77(74-32-18-29-64)75-34-31-66-42(5)60(6,7)50-36-52-56(38-54(50)66)76-57-39-55-51(37-53(57)62(52)49-21-16-17-22-58(49)78(69,70)65(62)10)61(8,9)59-47-35-46(72-12)27-28-48(47)63(73-33-30-67(55)59,43-19-14-13-15-20-43)44-23-25-45(71-11)26-24-44/h13-17,19-28,35-42,59H,18,30-34H2,1-12H3. The minimum atomic E-state index is -4.01. The smallest absolute Gasteiger partial charge is 0.259 e. The quantitative estimate of drug-likeness (QED) is 0.0761. The van der Waals surface area contributed by atoms with E-state index in [1.807, 2.05) is 42.5 Å². The Balaban J connectivity index is 1.07. The average Bonchev–Trinajstić information content (AvgIpc) is 3.33. The van der Waals surface area contributed by atoms with Crippen molar-refractivity contribution >= 4 is 29.9 Å². The van der Waals surface area contributed by atoms with E-state index in [4.69, 9.17) is 28.0 Å². The molecule has 5 unspecified atom stereocenters. The fourth-order valence-electron chi connectivity index (χ4n) is 13.6. The third kappa shape index (κ3) is 8.01. The highest BCUT2D eigenvalue weighted by atomic mass is 32.2. The molecule has 0 bridgehead atoms. The number of methoxy groups -OCH3 is 2. The van der Waals surface area contributed by atoms with Gasteiger partial charge in [0.25, 0.3) is 8.53 Å². The summed E-state index contributed by atoms with van der Waals surface area (Å²) in [5.41, 5.74) is 7.21. The molecule has 0 N–H and O–H groups in total. The molecule has 6 aromatic rings. The molecule has 6 aromatic carbocycles. The lowest BCUT2D eigenvalue weighted by atomic mass is 9.69. The summed E-state index contributed by atoms with van der Waals surface area (Å²) >= 11 is 0. The molecule has 15 heteroatoms. The van der Waals surface area contributed by atoms with Gasteiger partial charge in [0, 0.05) is 89.3 Å². The van der Waals surface area contributed by atoms with Gasteiger partial charge in [-0.3, -0.25) is 0 Å². The lowest BCUT2D eigenvalue weighted by Gasteiger charge is -2.44. The summed E-state index contributed by atoms with van der Waals surface area (Å²) < 4.78 is 73.5. The number of ether oxygens (including phenoxy) is 4. The van der Waals surface area contributed by atoms with Crippen LogP contribution in [0.4, 0.5) is 11.4 Å². The zero-order valence-corrected chi connectivity index (χ0v) is 48.7. The van der Waals surface area contributed by atoms with Gasteiger partial charge in [0.1, 0.15) is 34.1 Å². The summed E-state index contributed by atoms with van der Waals surface area (Å²) in [6.07, 6.45) is 0.283. The number of nitrogens with zero attached hydrogens (tertiary/aromatic N) is 5. The van der Waals surface area contributed by atoms with E-state index in [0.29, 0.717) is 50.0 Å². The van der Waals surface area contributed by atoms with Crippen molar-refractivity contribution in [3.63, 3.8) is 0 Å². The van der Waals surface area contributed by atoms with E-state index in [1.54, 1.807) is 31.6 Å². The molecular formula is C63H72N5O8PS. The maximum atomic E-state index is 15.1. The molecular weight excluding hydrogens is 1020 g/mol. The normalized spacial score (nSPS) is 23.3. The predicted molar refractivity (Wildman–Crippen MR) is 307 cm³/mol. The molecule has 5 aliphatic heterocycles. The fourth-order valence-corrected chi connectivity index (χ4v) is 16.9. The minimum absolute atomic E-state index is 0.0374. The second-order valence-electron chi connectivity index (χ2n) is 22.9. The maximum Gasteiger partial charge on any atom is 0.259 e. The first-order chi connectivity index (χ1) is 37.3. The number of rotatable bonds is 14. The zero-order chi connectivity index (χ0) is 55.3. The fraction of sp³-hybridized carbons (Fsp3) is 0.413. The minimum Gasteiger partial charge on any atom is -0.497 e. The molecule has 5 aliphatic rings. The maximum absolute atomic E-state index is 15.1. The van der Waals surface area contributed by atoms with E-state index in [-0.39, 0.29) is 40.9 Å². The average molecular weight is 1090 g/mol. The number of fused-ring (bicyclic) bond motifs is 12. The molecule has 0 aliphatic carbocycles. The Morgan fingerprint density at radius 3 is 1.97 bits per heavy atom. The number of nitriles is 1. The summed E-state index contributed by atoms with van der Waals surface area (Å²) in [4.78, 5) is 5.13. The van der Waals surface area contributed by atoms with Crippen LogP contribution in [0.5, 0.6) is 23.0 Å². The van der Waals surface area contributed by atoms with Crippen molar-refractivity contribution in [2.75, 3.05) is 64.0 Å². The Morgan fingerprint density at radius 1 is 0.718 bits per heavy atom. The van der Waals surface area contributed by atoms with Crippen LogP contribution in [0, 0.1) is 11.3 Å². The Morgan fingerprint density at radius 2 is 1.32 bits per heavy atom. The molecule has 5 atom stereocenters. The van der Waals surface area contributed by atoms with E-state index >= 15 is 8.42 Å². The highest BCUT2D eigenvalue weighted by Gasteiger charge is 2.61.